The SMILES string of the molecule is Cc1cc([N+](=O)[O-])ccc1N=Cc1cccn1-c1ccc(Br)cc1. The van der Waals surface area contributed by atoms with Crippen molar-refractivity contribution in [1.29, 1.82) is 0 Å². The lowest BCUT2D eigenvalue weighted by molar-refractivity contribution is -0.384. The van der Waals surface area contributed by atoms with Crippen LogP contribution in [0.25, 0.3) is 5.69 Å². The Morgan fingerprint density at radius 3 is 2.58 bits per heavy atom. The lowest BCUT2D eigenvalue weighted by Crippen LogP contribution is -1.97. The maximum absolute atomic E-state index is 10.8. The average Bonchev–Trinajstić information content (AvgIpc) is 3.02. The van der Waals surface area contributed by atoms with Crippen LogP contribution in [-0.2, 0) is 0 Å². The predicted octanol–water partition coefficient (Wildman–Crippen LogP) is 5.21. The van der Waals surface area contributed by atoms with Crippen molar-refractivity contribution < 1.29 is 4.92 Å². The van der Waals surface area contributed by atoms with E-state index in [1.807, 2.05) is 54.1 Å². The number of aryl methyl sites for hydroxylation is 1. The molecule has 0 aliphatic heterocycles. The summed E-state index contributed by atoms with van der Waals surface area (Å²) in [6, 6.07) is 16.6. The van der Waals surface area contributed by atoms with E-state index in [0.29, 0.717) is 5.69 Å². The summed E-state index contributed by atoms with van der Waals surface area (Å²) in [5, 5.41) is 10.8. The minimum absolute atomic E-state index is 0.0738. The van der Waals surface area contributed by atoms with Crippen LogP contribution in [0.4, 0.5) is 11.4 Å². The van der Waals surface area contributed by atoms with Gasteiger partial charge < -0.3 is 4.57 Å². The Balaban J connectivity index is 1.90. The summed E-state index contributed by atoms with van der Waals surface area (Å²) in [7, 11) is 0. The summed E-state index contributed by atoms with van der Waals surface area (Å²) >= 11 is 3.43. The second-order valence-corrected chi connectivity index (χ2v) is 6.18. The molecule has 0 aliphatic rings. The molecule has 1 aromatic heterocycles. The van der Waals surface area contributed by atoms with Gasteiger partial charge in [0.15, 0.2) is 0 Å². The molecule has 120 valence electrons. The van der Waals surface area contributed by atoms with Crippen LogP contribution in [0.15, 0.2) is 70.3 Å². The number of nitro benzene ring substituents is 1. The highest BCUT2D eigenvalue weighted by Crippen LogP contribution is 2.24. The molecule has 0 unspecified atom stereocenters. The normalized spacial score (nSPS) is 11.1. The van der Waals surface area contributed by atoms with Gasteiger partial charge in [0, 0.05) is 28.5 Å². The Morgan fingerprint density at radius 1 is 1.17 bits per heavy atom. The first-order chi connectivity index (χ1) is 11.5. The van der Waals surface area contributed by atoms with Gasteiger partial charge >= 0.3 is 0 Å². The highest BCUT2D eigenvalue weighted by Gasteiger charge is 2.07. The smallest absolute Gasteiger partial charge is 0.269 e. The molecule has 1 heterocycles. The summed E-state index contributed by atoms with van der Waals surface area (Å²) < 4.78 is 3.05. The quantitative estimate of drug-likeness (QED) is 0.352. The molecule has 0 bridgehead atoms. The largest absolute Gasteiger partial charge is 0.316 e. The zero-order valence-electron chi connectivity index (χ0n) is 12.9. The molecule has 3 rings (SSSR count). The second-order valence-electron chi connectivity index (χ2n) is 5.27. The average molecular weight is 384 g/mol. The molecule has 0 atom stereocenters. The minimum atomic E-state index is -0.404. The fourth-order valence-electron chi connectivity index (χ4n) is 2.37. The Labute approximate surface area is 147 Å². The van der Waals surface area contributed by atoms with Gasteiger partial charge in [0.2, 0.25) is 0 Å². The number of hydrogen-bond donors (Lipinski definition) is 0. The number of benzene rings is 2. The number of aromatic nitrogens is 1. The third kappa shape index (κ3) is 3.44. The van der Waals surface area contributed by atoms with E-state index in [2.05, 4.69) is 20.9 Å². The second kappa shape index (κ2) is 6.80. The zero-order valence-corrected chi connectivity index (χ0v) is 14.5. The molecule has 3 aromatic rings. The van der Waals surface area contributed by atoms with Crippen molar-refractivity contribution in [2.24, 2.45) is 4.99 Å². The van der Waals surface area contributed by atoms with E-state index < -0.39 is 4.92 Å². The molecule has 24 heavy (non-hydrogen) atoms. The summed E-state index contributed by atoms with van der Waals surface area (Å²) in [5.41, 5.74) is 3.51. The summed E-state index contributed by atoms with van der Waals surface area (Å²) in [5.74, 6) is 0. The Hall–Kier alpha value is -2.73. The number of rotatable bonds is 4. The van der Waals surface area contributed by atoms with Crippen molar-refractivity contribution >= 4 is 33.5 Å². The fraction of sp³-hybridized carbons (Fsp3) is 0.0556. The maximum Gasteiger partial charge on any atom is 0.269 e. The van der Waals surface area contributed by atoms with Crippen LogP contribution < -0.4 is 0 Å². The van der Waals surface area contributed by atoms with Crippen molar-refractivity contribution in [1.82, 2.24) is 4.57 Å². The van der Waals surface area contributed by atoms with Gasteiger partial charge in [0.1, 0.15) is 0 Å². The molecule has 0 saturated carbocycles. The number of nitro groups is 1. The van der Waals surface area contributed by atoms with Crippen LogP contribution in [0.2, 0.25) is 0 Å². The number of hydrogen-bond acceptors (Lipinski definition) is 3. The molecule has 2 aromatic carbocycles. The third-order valence-corrected chi connectivity index (χ3v) is 4.14. The molecular formula is C18H14BrN3O2. The molecule has 5 nitrogen and oxygen atoms in total. The van der Waals surface area contributed by atoms with E-state index in [9.17, 15) is 10.1 Å². The van der Waals surface area contributed by atoms with Gasteiger partial charge in [0.25, 0.3) is 5.69 Å². The van der Waals surface area contributed by atoms with Crippen LogP contribution in [0.3, 0.4) is 0 Å². The molecule has 0 N–H and O–H groups in total. The van der Waals surface area contributed by atoms with E-state index in [1.54, 1.807) is 12.3 Å². The van der Waals surface area contributed by atoms with E-state index >= 15 is 0 Å². The van der Waals surface area contributed by atoms with Gasteiger partial charge in [-0.3, -0.25) is 15.1 Å². The number of non-ortho nitro benzene ring substituents is 1. The molecule has 0 radical (unpaired) electrons. The molecule has 0 saturated heterocycles. The van der Waals surface area contributed by atoms with Crippen LogP contribution in [0.5, 0.6) is 0 Å². The van der Waals surface area contributed by atoms with E-state index in [1.165, 1.54) is 12.1 Å². The van der Waals surface area contributed by atoms with E-state index in [4.69, 9.17) is 0 Å². The van der Waals surface area contributed by atoms with Crippen molar-refractivity contribution in [3.8, 4) is 5.69 Å². The van der Waals surface area contributed by atoms with E-state index in [0.717, 1.165) is 21.4 Å². The zero-order chi connectivity index (χ0) is 17.1. The minimum Gasteiger partial charge on any atom is -0.316 e. The lowest BCUT2D eigenvalue weighted by atomic mass is 10.2. The van der Waals surface area contributed by atoms with Gasteiger partial charge in [0.05, 0.1) is 22.5 Å². The summed E-state index contributed by atoms with van der Waals surface area (Å²) in [6.07, 6.45) is 3.73. The number of halogens is 1. The van der Waals surface area contributed by atoms with Crippen molar-refractivity contribution in [2.45, 2.75) is 6.92 Å². The van der Waals surface area contributed by atoms with Gasteiger partial charge in [-0.25, -0.2) is 0 Å². The van der Waals surface area contributed by atoms with Crippen molar-refractivity contribution in [3.63, 3.8) is 0 Å². The predicted molar refractivity (Wildman–Crippen MR) is 98.6 cm³/mol. The molecule has 0 aliphatic carbocycles. The van der Waals surface area contributed by atoms with Crippen molar-refractivity contribution in [2.75, 3.05) is 0 Å². The fourth-order valence-corrected chi connectivity index (χ4v) is 2.63. The summed E-state index contributed by atoms with van der Waals surface area (Å²) in [4.78, 5) is 14.9. The number of nitrogens with zero attached hydrogens (tertiary/aromatic N) is 3. The first kappa shape index (κ1) is 16.1. The van der Waals surface area contributed by atoms with E-state index in [-0.39, 0.29) is 5.69 Å². The topological polar surface area (TPSA) is 60.4 Å². The van der Waals surface area contributed by atoms with Gasteiger partial charge in [-0.15, -0.1) is 0 Å². The lowest BCUT2D eigenvalue weighted by Gasteiger charge is -2.06. The standard InChI is InChI=1S/C18H14BrN3O2/c1-13-11-16(22(23)24)8-9-18(13)20-12-17-3-2-10-21(17)15-6-4-14(19)5-7-15/h2-12H,1H3. The Kier molecular flexibility index (Phi) is 4.57. The first-order valence-electron chi connectivity index (χ1n) is 7.27. The van der Waals surface area contributed by atoms with Crippen LogP contribution in [-0.4, -0.2) is 15.7 Å². The Bertz CT molecular complexity index is 914. The van der Waals surface area contributed by atoms with Crippen molar-refractivity contribution in [3.05, 3.63) is 86.6 Å². The molecule has 0 spiro atoms. The summed E-state index contributed by atoms with van der Waals surface area (Å²) in [6.45, 7) is 1.81. The third-order valence-electron chi connectivity index (χ3n) is 3.61. The molecular weight excluding hydrogens is 370 g/mol. The van der Waals surface area contributed by atoms with Gasteiger partial charge in [-0.2, -0.15) is 0 Å². The molecule has 0 amide bonds. The van der Waals surface area contributed by atoms with Gasteiger partial charge in [-0.1, -0.05) is 15.9 Å². The highest BCUT2D eigenvalue weighted by molar-refractivity contribution is 9.10. The monoisotopic (exact) mass is 383 g/mol. The number of aliphatic imine (C=N–C) groups is 1. The molecule has 6 heteroatoms. The Morgan fingerprint density at radius 2 is 1.92 bits per heavy atom. The highest BCUT2D eigenvalue weighted by atomic mass is 79.9. The van der Waals surface area contributed by atoms with Crippen LogP contribution in [0.1, 0.15) is 11.3 Å². The first-order valence-corrected chi connectivity index (χ1v) is 8.06. The maximum atomic E-state index is 10.8. The molecule has 0 fully saturated rings. The van der Waals surface area contributed by atoms with Gasteiger partial charge in [-0.05, 0) is 55.0 Å². The van der Waals surface area contributed by atoms with Crippen LogP contribution >= 0.6 is 15.9 Å². The van der Waals surface area contributed by atoms with Crippen LogP contribution in [0, 0.1) is 17.0 Å².